The van der Waals surface area contributed by atoms with Crippen LogP contribution in [0.5, 0.6) is 5.75 Å². The number of sulfonamides is 1. The van der Waals surface area contributed by atoms with Gasteiger partial charge in [-0.25, -0.2) is 8.42 Å². The number of aryl methyl sites for hydroxylation is 1. The molecule has 0 spiro atoms. The molecule has 1 amide bonds. The number of benzene rings is 2. The van der Waals surface area contributed by atoms with E-state index in [-0.39, 0.29) is 17.2 Å². The number of nitro groups is 1. The molecule has 2 rings (SSSR count). The highest BCUT2D eigenvalue weighted by Crippen LogP contribution is 2.15. The van der Waals surface area contributed by atoms with E-state index in [4.69, 9.17) is 4.74 Å². The van der Waals surface area contributed by atoms with E-state index in [1.165, 1.54) is 0 Å². The highest BCUT2D eigenvalue weighted by Gasteiger charge is 2.16. The zero-order valence-electron chi connectivity index (χ0n) is 13.1. The van der Waals surface area contributed by atoms with E-state index < -0.39 is 20.9 Å². The summed E-state index contributed by atoms with van der Waals surface area (Å²) in [5.74, 6) is -0.222. The summed E-state index contributed by atoms with van der Waals surface area (Å²) in [7, 11) is -4.05. The third kappa shape index (κ3) is 5.26. The second-order valence-corrected chi connectivity index (χ2v) is 6.69. The molecule has 10 heteroatoms. The van der Waals surface area contributed by atoms with Crippen LogP contribution in [0.15, 0.2) is 53.4 Å². The number of non-ortho nitro benzene ring substituents is 1. The predicted octanol–water partition coefficient (Wildman–Crippen LogP) is 1.29. The summed E-state index contributed by atoms with van der Waals surface area (Å²) >= 11 is 0. The van der Waals surface area contributed by atoms with Crippen molar-refractivity contribution >= 4 is 21.6 Å². The van der Waals surface area contributed by atoms with Gasteiger partial charge in [-0.1, -0.05) is 12.1 Å². The Morgan fingerprint density at radius 3 is 2.48 bits per heavy atom. The van der Waals surface area contributed by atoms with Gasteiger partial charge in [0.1, 0.15) is 5.75 Å². The number of nitrogens with one attached hydrogen (secondary N) is 2. The van der Waals surface area contributed by atoms with Crippen LogP contribution < -0.4 is 15.0 Å². The van der Waals surface area contributed by atoms with Gasteiger partial charge < -0.3 is 4.74 Å². The molecule has 0 aromatic heterocycles. The summed E-state index contributed by atoms with van der Waals surface area (Å²) < 4.78 is 29.2. The van der Waals surface area contributed by atoms with Crippen molar-refractivity contribution in [3.8, 4) is 5.75 Å². The zero-order valence-corrected chi connectivity index (χ0v) is 13.9. The van der Waals surface area contributed by atoms with Gasteiger partial charge in [0.15, 0.2) is 6.61 Å². The van der Waals surface area contributed by atoms with Gasteiger partial charge in [-0.15, -0.1) is 4.83 Å². The van der Waals surface area contributed by atoms with E-state index in [9.17, 15) is 23.3 Å². The van der Waals surface area contributed by atoms with Crippen molar-refractivity contribution in [3.05, 3.63) is 64.2 Å². The largest absolute Gasteiger partial charge is 0.484 e. The first-order valence-electron chi connectivity index (χ1n) is 7.02. The van der Waals surface area contributed by atoms with E-state index in [1.54, 1.807) is 18.2 Å². The van der Waals surface area contributed by atoms with Crippen molar-refractivity contribution in [2.24, 2.45) is 0 Å². The summed E-state index contributed by atoms with van der Waals surface area (Å²) in [4.78, 5) is 23.3. The van der Waals surface area contributed by atoms with E-state index >= 15 is 0 Å². The Labute approximate surface area is 143 Å². The van der Waals surface area contributed by atoms with Gasteiger partial charge in [0.25, 0.3) is 21.6 Å². The fourth-order valence-corrected chi connectivity index (χ4v) is 2.68. The normalized spacial score (nSPS) is 10.9. The van der Waals surface area contributed by atoms with Crippen molar-refractivity contribution in [2.45, 2.75) is 11.8 Å². The van der Waals surface area contributed by atoms with Gasteiger partial charge in [0.2, 0.25) is 0 Å². The summed E-state index contributed by atoms with van der Waals surface area (Å²) in [6.07, 6.45) is 0. The van der Waals surface area contributed by atoms with E-state index in [0.717, 1.165) is 29.8 Å². The van der Waals surface area contributed by atoms with Crippen molar-refractivity contribution in [2.75, 3.05) is 6.61 Å². The number of rotatable bonds is 7. The third-order valence-electron chi connectivity index (χ3n) is 3.04. The lowest BCUT2D eigenvalue weighted by molar-refractivity contribution is -0.384. The van der Waals surface area contributed by atoms with Crippen LogP contribution in [0.1, 0.15) is 5.56 Å². The van der Waals surface area contributed by atoms with Crippen LogP contribution in [0.4, 0.5) is 5.69 Å². The molecule has 2 aromatic carbocycles. The quantitative estimate of drug-likeness (QED) is 0.562. The van der Waals surface area contributed by atoms with Gasteiger partial charge in [-0.2, -0.15) is 0 Å². The van der Waals surface area contributed by atoms with E-state index in [1.807, 2.05) is 23.2 Å². The number of ether oxygens (including phenoxy) is 1. The van der Waals surface area contributed by atoms with Crippen molar-refractivity contribution in [3.63, 3.8) is 0 Å². The Hall–Kier alpha value is -2.98. The lowest BCUT2D eigenvalue weighted by atomic mass is 10.2. The molecule has 132 valence electrons. The molecule has 0 unspecified atom stereocenters. The molecule has 2 aromatic rings. The van der Waals surface area contributed by atoms with E-state index in [2.05, 4.69) is 0 Å². The Morgan fingerprint density at radius 1 is 1.20 bits per heavy atom. The maximum Gasteiger partial charge on any atom is 0.272 e. The molecule has 0 fully saturated rings. The van der Waals surface area contributed by atoms with E-state index in [0.29, 0.717) is 5.75 Å². The second-order valence-electron chi connectivity index (χ2n) is 5.01. The first kappa shape index (κ1) is 18.4. The minimum Gasteiger partial charge on any atom is -0.484 e. The molecular formula is C15H15N3O6S. The van der Waals surface area contributed by atoms with Gasteiger partial charge in [-0.3, -0.25) is 20.3 Å². The number of hydrogen-bond donors (Lipinski definition) is 2. The minimum atomic E-state index is -4.05. The minimum absolute atomic E-state index is 0.224. The maximum absolute atomic E-state index is 12.0. The van der Waals surface area contributed by atoms with Crippen molar-refractivity contribution in [1.82, 2.24) is 10.3 Å². The molecule has 0 saturated carbocycles. The predicted molar refractivity (Wildman–Crippen MR) is 88.2 cm³/mol. The van der Waals surface area contributed by atoms with Gasteiger partial charge >= 0.3 is 0 Å². The molecule has 2 N–H and O–H groups in total. The number of nitrogens with zero attached hydrogens (tertiary/aromatic N) is 1. The van der Waals surface area contributed by atoms with Crippen LogP contribution in [0.2, 0.25) is 0 Å². The molecule has 0 bridgehead atoms. The molecule has 0 aliphatic rings. The lowest BCUT2D eigenvalue weighted by Crippen LogP contribution is -2.43. The van der Waals surface area contributed by atoms with Gasteiger partial charge in [0.05, 0.1) is 9.82 Å². The number of carbonyl (C=O) groups is 1. The number of hydrogen-bond acceptors (Lipinski definition) is 6. The van der Waals surface area contributed by atoms with Crippen LogP contribution in [0.25, 0.3) is 0 Å². The van der Waals surface area contributed by atoms with Crippen molar-refractivity contribution < 1.29 is 22.9 Å². The van der Waals surface area contributed by atoms with Gasteiger partial charge in [-0.05, 0) is 36.8 Å². The number of nitro benzene ring substituents is 1. The average Bonchev–Trinajstić information content (AvgIpc) is 2.58. The second kappa shape index (κ2) is 7.73. The molecule has 0 saturated heterocycles. The van der Waals surface area contributed by atoms with Crippen LogP contribution in [-0.2, 0) is 14.8 Å². The molecule has 0 atom stereocenters. The first-order chi connectivity index (χ1) is 11.8. The standard InChI is InChI=1S/C15H15N3O6S/c1-11-3-2-4-13(9-11)24-10-15(19)16-17-25(22,23)14-7-5-12(6-8-14)18(20)21/h2-9,17H,10H2,1H3,(H,16,19). The maximum atomic E-state index is 12.0. The first-order valence-corrected chi connectivity index (χ1v) is 8.51. The van der Waals surface area contributed by atoms with Crippen molar-refractivity contribution in [1.29, 1.82) is 0 Å². The fraction of sp³-hybridized carbons (Fsp3) is 0.133. The Bertz CT molecular complexity index is 880. The Balaban J connectivity index is 1.90. The SMILES string of the molecule is Cc1cccc(OCC(=O)NNS(=O)(=O)c2ccc([N+](=O)[O-])cc2)c1. The average molecular weight is 365 g/mol. The Kier molecular flexibility index (Phi) is 5.67. The highest BCUT2D eigenvalue weighted by atomic mass is 32.2. The monoisotopic (exact) mass is 365 g/mol. The zero-order chi connectivity index (χ0) is 18.4. The van der Waals surface area contributed by atoms with Crippen LogP contribution in [-0.4, -0.2) is 25.9 Å². The molecule has 0 radical (unpaired) electrons. The Morgan fingerprint density at radius 2 is 1.88 bits per heavy atom. The topological polar surface area (TPSA) is 128 Å². The summed E-state index contributed by atoms with van der Waals surface area (Å²) in [5, 5.41) is 10.6. The summed E-state index contributed by atoms with van der Waals surface area (Å²) in [6, 6.07) is 11.3. The molecule has 0 heterocycles. The summed E-state index contributed by atoms with van der Waals surface area (Å²) in [5.41, 5.74) is 2.72. The number of amides is 1. The van der Waals surface area contributed by atoms with Crippen LogP contribution in [0.3, 0.4) is 0 Å². The molecular weight excluding hydrogens is 350 g/mol. The fourth-order valence-electron chi connectivity index (χ4n) is 1.82. The van der Waals surface area contributed by atoms with Crippen LogP contribution in [0, 0.1) is 17.0 Å². The third-order valence-corrected chi connectivity index (χ3v) is 4.31. The van der Waals surface area contributed by atoms with Crippen LogP contribution >= 0.6 is 0 Å². The number of carbonyl (C=O) groups excluding carboxylic acids is 1. The highest BCUT2D eigenvalue weighted by molar-refractivity contribution is 7.89. The smallest absolute Gasteiger partial charge is 0.272 e. The lowest BCUT2D eigenvalue weighted by Gasteiger charge is -2.09. The summed E-state index contributed by atoms with van der Waals surface area (Å²) in [6.45, 7) is 1.48. The molecule has 9 nitrogen and oxygen atoms in total. The van der Waals surface area contributed by atoms with Gasteiger partial charge in [0, 0.05) is 12.1 Å². The molecule has 0 aliphatic carbocycles. The molecule has 25 heavy (non-hydrogen) atoms. The number of hydrazine groups is 1. The molecule has 0 aliphatic heterocycles.